The SMILES string of the molecule is Cc1cnc(-c2ccccc2)cc1-c1ccccc1.O=[N+]([O-])c1cc([N+](=O)[O-])c(O)c([N+](=O)[O-])c1. The number of aromatic nitrogens is 1. The predicted octanol–water partition coefficient (Wildman–Crippen LogP) is 5.84. The molecule has 4 aromatic rings. The Morgan fingerprint density at radius 2 is 1.20 bits per heavy atom. The van der Waals surface area contributed by atoms with Crippen LogP contribution in [0, 0.1) is 37.3 Å². The lowest BCUT2D eigenvalue weighted by molar-refractivity contribution is -0.404. The molecule has 0 unspecified atom stereocenters. The lowest BCUT2D eigenvalue weighted by Gasteiger charge is -2.08. The monoisotopic (exact) mass is 474 g/mol. The molecule has 0 aliphatic rings. The molecule has 0 radical (unpaired) electrons. The fourth-order valence-corrected chi connectivity index (χ4v) is 3.19. The van der Waals surface area contributed by atoms with Crippen LogP contribution in [-0.4, -0.2) is 24.9 Å². The van der Waals surface area contributed by atoms with Crippen LogP contribution in [0.3, 0.4) is 0 Å². The second kappa shape index (κ2) is 10.6. The van der Waals surface area contributed by atoms with Gasteiger partial charge in [0.25, 0.3) is 11.4 Å². The van der Waals surface area contributed by atoms with Crippen molar-refractivity contribution in [3.8, 4) is 28.1 Å². The molecule has 0 aliphatic carbocycles. The average molecular weight is 474 g/mol. The number of aryl methyl sites for hydroxylation is 1. The Kier molecular flexibility index (Phi) is 7.42. The molecule has 3 aromatic carbocycles. The fourth-order valence-electron chi connectivity index (χ4n) is 3.19. The number of aromatic hydroxyl groups is 1. The van der Waals surface area contributed by atoms with E-state index in [1.165, 1.54) is 16.7 Å². The van der Waals surface area contributed by atoms with Crippen molar-refractivity contribution in [3.05, 3.63) is 121 Å². The number of nitrogens with zero attached hydrogens (tertiary/aromatic N) is 4. The molecule has 11 heteroatoms. The van der Waals surface area contributed by atoms with Crippen LogP contribution in [0.15, 0.2) is 85.1 Å². The van der Waals surface area contributed by atoms with E-state index in [-0.39, 0.29) is 0 Å². The van der Waals surface area contributed by atoms with Crippen molar-refractivity contribution < 1.29 is 19.9 Å². The summed E-state index contributed by atoms with van der Waals surface area (Å²) in [6, 6.07) is 23.8. The van der Waals surface area contributed by atoms with Gasteiger partial charge in [-0.15, -0.1) is 0 Å². The van der Waals surface area contributed by atoms with Gasteiger partial charge in [-0.3, -0.25) is 35.3 Å². The van der Waals surface area contributed by atoms with E-state index in [1.807, 2.05) is 30.5 Å². The van der Waals surface area contributed by atoms with Gasteiger partial charge in [0.1, 0.15) is 0 Å². The third-order valence-electron chi connectivity index (χ3n) is 4.92. The second-order valence-corrected chi connectivity index (χ2v) is 7.22. The molecule has 0 saturated heterocycles. The zero-order valence-corrected chi connectivity index (χ0v) is 18.3. The fraction of sp³-hybridized carbons (Fsp3) is 0.0417. The molecule has 35 heavy (non-hydrogen) atoms. The lowest BCUT2D eigenvalue weighted by atomic mass is 10.00. The van der Waals surface area contributed by atoms with E-state index in [4.69, 9.17) is 5.11 Å². The molecular formula is C24H18N4O7. The van der Waals surface area contributed by atoms with Crippen LogP contribution >= 0.6 is 0 Å². The highest BCUT2D eigenvalue weighted by Gasteiger charge is 2.30. The first-order valence-electron chi connectivity index (χ1n) is 10.1. The maximum absolute atomic E-state index is 10.4. The van der Waals surface area contributed by atoms with Crippen LogP contribution in [-0.2, 0) is 0 Å². The quantitative estimate of drug-likeness (QED) is 0.278. The molecule has 1 N–H and O–H groups in total. The van der Waals surface area contributed by atoms with Gasteiger partial charge >= 0.3 is 11.4 Å². The highest BCUT2D eigenvalue weighted by molar-refractivity contribution is 5.72. The maximum atomic E-state index is 10.4. The van der Waals surface area contributed by atoms with Crippen LogP contribution in [0.25, 0.3) is 22.4 Å². The molecule has 0 saturated carbocycles. The summed E-state index contributed by atoms with van der Waals surface area (Å²) < 4.78 is 0. The summed E-state index contributed by atoms with van der Waals surface area (Å²) in [6.07, 6.45) is 1.95. The molecule has 0 fully saturated rings. The molecule has 1 aromatic heterocycles. The summed E-state index contributed by atoms with van der Waals surface area (Å²) in [5.74, 6) is -1.21. The summed E-state index contributed by atoms with van der Waals surface area (Å²) in [4.78, 5) is 32.3. The summed E-state index contributed by atoms with van der Waals surface area (Å²) in [5.41, 5.74) is 2.85. The standard InChI is InChI=1S/C18H15N.C6H3N3O7/c1-14-13-19-18(16-10-6-3-7-11-16)12-17(14)15-8-4-2-5-9-15;10-6-4(8(13)14)1-3(7(11)12)2-5(6)9(15)16/h2-13H,1H3;1-2,10H. The number of non-ortho nitro benzene ring substituents is 1. The highest BCUT2D eigenvalue weighted by Crippen LogP contribution is 2.39. The van der Waals surface area contributed by atoms with Crippen molar-refractivity contribution in [2.24, 2.45) is 0 Å². The van der Waals surface area contributed by atoms with Crippen LogP contribution in [0.5, 0.6) is 5.75 Å². The van der Waals surface area contributed by atoms with E-state index >= 15 is 0 Å². The van der Waals surface area contributed by atoms with E-state index in [0.29, 0.717) is 12.1 Å². The first-order chi connectivity index (χ1) is 16.7. The highest BCUT2D eigenvalue weighted by atomic mass is 16.6. The summed E-state index contributed by atoms with van der Waals surface area (Å²) in [5, 5.41) is 40.2. The summed E-state index contributed by atoms with van der Waals surface area (Å²) >= 11 is 0. The molecule has 4 rings (SSSR count). The summed E-state index contributed by atoms with van der Waals surface area (Å²) in [6.45, 7) is 2.10. The molecule has 176 valence electrons. The van der Waals surface area contributed by atoms with Crippen LogP contribution < -0.4 is 0 Å². The van der Waals surface area contributed by atoms with E-state index < -0.39 is 37.6 Å². The Hall–Kier alpha value is -5.19. The molecular weight excluding hydrogens is 456 g/mol. The van der Waals surface area contributed by atoms with Crippen LogP contribution in [0.4, 0.5) is 17.1 Å². The Bertz CT molecular complexity index is 1360. The van der Waals surface area contributed by atoms with Gasteiger partial charge in [-0.05, 0) is 29.7 Å². The smallest absolute Gasteiger partial charge is 0.324 e. The van der Waals surface area contributed by atoms with Crippen molar-refractivity contribution >= 4 is 17.1 Å². The Morgan fingerprint density at radius 3 is 1.66 bits per heavy atom. The number of phenols is 1. The second-order valence-electron chi connectivity index (χ2n) is 7.22. The number of hydrogen-bond donors (Lipinski definition) is 1. The van der Waals surface area contributed by atoms with Gasteiger partial charge in [-0.1, -0.05) is 60.7 Å². The molecule has 1 heterocycles. The van der Waals surface area contributed by atoms with Gasteiger partial charge in [0.05, 0.1) is 32.6 Å². The van der Waals surface area contributed by atoms with Gasteiger partial charge in [0.15, 0.2) is 0 Å². The van der Waals surface area contributed by atoms with Gasteiger partial charge in [-0.2, -0.15) is 0 Å². The number of benzene rings is 3. The van der Waals surface area contributed by atoms with Crippen LogP contribution in [0.1, 0.15) is 5.56 Å². The van der Waals surface area contributed by atoms with Crippen molar-refractivity contribution in [2.45, 2.75) is 6.92 Å². The zero-order valence-electron chi connectivity index (χ0n) is 18.3. The van der Waals surface area contributed by atoms with Crippen molar-refractivity contribution in [1.29, 1.82) is 0 Å². The van der Waals surface area contributed by atoms with Gasteiger partial charge in [0.2, 0.25) is 0 Å². The minimum Gasteiger partial charge on any atom is -0.497 e. The Balaban J connectivity index is 0.000000199. The lowest BCUT2D eigenvalue weighted by Crippen LogP contribution is -1.97. The Morgan fingerprint density at radius 1 is 0.714 bits per heavy atom. The first-order valence-corrected chi connectivity index (χ1v) is 10.1. The normalized spacial score (nSPS) is 10.1. The first kappa shape index (κ1) is 24.5. The number of phenolic OH excluding ortho intramolecular Hbond substituents is 1. The third kappa shape index (κ3) is 5.79. The third-order valence-corrected chi connectivity index (χ3v) is 4.92. The van der Waals surface area contributed by atoms with Crippen molar-refractivity contribution in [3.63, 3.8) is 0 Å². The van der Waals surface area contributed by atoms with Gasteiger partial charge < -0.3 is 5.11 Å². The largest absolute Gasteiger partial charge is 0.497 e. The molecule has 11 nitrogen and oxygen atoms in total. The number of hydrogen-bond acceptors (Lipinski definition) is 8. The molecule has 0 amide bonds. The number of rotatable bonds is 5. The van der Waals surface area contributed by atoms with Crippen LogP contribution in [0.2, 0.25) is 0 Å². The molecule has 0 bridgehead atoms. The van der Waals surface area contributed by atoms with E-state index in [0.717, 1.165) is 11.3 Å². The Labute approximate surface area is 198 Å². The van der Waals surface area contributed by atoms with E-state index in [2.05, 4.69) is 54.4 Å². The number of pyridine rings is 1. The molecule has 0 aliphatic heterocycles. The maximum Gasteiger partial charge on any atom is 0.324 e. The van der Waals surface area contributed by atoms with Crippen molar-refractivity contribution in [2.75, 3.05) is 0 Å². The van der Waals surface area contributed by atoms with E-state index in [9.17, 15) is 30.3 Å². The average Bonchev–Trinajstić information content (AvgIpc) is 2.85. The van der Waals surface area contributed by atoms with E-state index in [1.54, 1.807) is 0 Å². The minimum absolute atomic E-state index is 0.447. The van der Waals surface area contributed by atoms with Gasteiger partial charge in [-0.25, -0.2) is 0 Å². The number of nitro benzene ring substituents is 3. The molecule has 0 atom stereocenters. The topological polar surface area (TPSA) is 163 Å². The molecule has 0 spiro atoms. The minimum atomic E-state index is -1.21. The zero-order chi connectivity index (χ0) is 25.5. The van der Waals surface area contributed by atoms with Crippen molar-refractivity contribution in [1.82, 2.24) is 4.98 Å². The van der Waals surface area contributed by atoms with Gasteiger partial charge in [0, 0.05) is 11.8 Å². The number of nitro groups is 3. The summed E-state index contributed by atoms with van der Waals surface area (Å²) in [7, 11) is 0. The predicted molar refractivity (Wildman–Crippen MR) is 128 cm³/mol.